The molecule has 0 aliphatic rings. The largest absolute Gasteiger partial charge is 0.491 e. The SMILES string of the molecule is COCOc1cc(OCCN=N)cc(C)c1C(=O)OC. The summed E-state index contributed by atoms with van der Waals surface area (Å²) in [5.74, 6) is 0.378. The second kappa shape index (κ2) is 8.11. The van der Waals surface area contributed by atoms with Crippen LogP contribution in [0.5, 0.6) is 11.5 Å². The van der Waals surface area contributed by atoms with Crippen molar-refractivity contribution in [2.24, 2.45) is 5.11 Å². The first-order valence-corrected chi connectivity index (χ1v) is 5.94. The lowest BCUT2D eigenvalue weighted by Crippen LogP contribution is -2.10. The first-order valence-electron chi connectivity index (χ1n) is 5.94. The molecule has 0 spiro atoms. The second-order valence-electron chi connectivity index (χ2n) is 3.89. The molecule has 0 saturated carbocycles. The molecule has 0 aliphatic carbocycles. The number of carbonyl (C=O) groups is 1. The van der Waals surface area contributed by atoms with Crippen molar-refractivity contribution in [2.75, 3.05) is 34.2 Å². The second-order valence-corrected chi connectivity index (χ2v) is 3.89. The summed E-state index contributed by atoms with van der Waals surface area (Å²) >= 11 is 0. The molecule has 1 aromatic rings. The fourth-order valence-corrected chi connectivity index (χ4v) is 1.62. The molecule has 1 aromatic carbocycles. The number of hydrogen-bond acceptors (Lipinski definition) is 7. The molecule has 0 aromatic heterocycles. The monoisotopic (exact) mass is 282 g/mol. The van der Waals surface area contributed by atoms with E-state index in [1.54, 1.807) is 19.1 Å². The van der Waals surface area contributed by atoms with Crippen molar-refractivity contribution in [1.29, 1.82) is 5.53 Å². The van der Waals surface area contributed by atoms with Gasteiger partial charge in [0, 0.05) is 13.2 Å². The molecule has 110 valence electrons. The maximum Gasteiger partial charge on any atom is 0.341 e. The van der Waals surface area contributed by atoms with E-state index in [0.29, 0.717) is 22.6 Å². The van der Waals surface area contributed by atoms with Crippen molar-refractivity contribution in [2.45, 2.75) is 6.92 Å². The molecule has 0 unspecified atom stereocenters. The highest BCUT2D eigenvalue weighted by molar-refractivity contribution is 5.94. The predicted octanol–water partition coefficient (Wildman–Crippen LogP) is 2.17. The number of benzene rings is 1. The van der Waals surface area contributed by atoms with Crippen LogP contribution < -0.4 is 9.47 Å². The molecular weight excluding hydrogens is 264 g/mol. The predicted molar refractivity (Wildman–Crippen MR) is 70.5 cm³/mol. The lowest BCUT2D eigenvalue weighted by atomic mass is 10.1. The lowest BCUT2D eigenvalue weighted by Gasteiger charge is -2.14. The van der Waals surface area contributed by atoms with Gasteiger partial charge in [0.1, 0.15) is 23.7 Å². The highest BCUT2D eigenvalue weighted by Crippen LogP contribution is 2.29. The van der Waals surface area contributed by atoms with E-state index in [-0.39, 0.29) is 19.9 Å². The fourth-order valence-electron chi connectivity index (χ4n) is 1.62. The molecule has 7 heteroatoms. The van der Waals surface area contributed by atoms with Crippen LogP contribution in [0.2, 0.25) is 0 Å². The van der Waals surface area contributed by atoms with Gasteiger partial charge in [0.25, 0.3) is 0 Å². The van der Waals surface area contributed by atoms with Gasteiger partial charge in [-0.2, -0.15) is 5.11 Å². The molecule has 7 nitrogen and oxygen atoms in total. The quantitative estimate of drug-likeness (QED) is 0.341. The first kappa shape index (κ1) is 15.9. The van der Waals surface area contributed by atoms with Gasteiger partial charge in [-0.3, -0.25) is 0 Å². The minimum atomic E-state index is -0.485. The zero-order valence-electron chi connectivity index (χ0n) is 11.8. The zero-order chi connectivity index (χ0) is 15.0. The molecule has 0 aliphatic heterocycles. The van der Waals surface area contributed by atoms with E-state index < -0.39 is 5.97 Å². The molecule has 0 fully saturated rings. The highest BCUT2D eigenvalue weighted by Gasteiger charge is 2.18. The van der Waals surface area contributed by atoms with Crippen LogP contribution in [-0.4, -0.2) is 40.1 Å². The van der Waals surface area contributed by atoms with E-state index in [0.717, 1.165) is 0 Å². The van der Waals surface area contributed by atoms with Crippen molar-refractivity contribution >= 4 is 5.97 Å². The summed E-state index contributed by atoms with van der Waals surface area (Å²) in [4.78, 5) is 11.8. The van der Waals surface area contributed by atoms with E-state index >= 15 is 0 Å². The Morgan fingerprint density at radius 1 is 1.30 bits per heavy atom. The van der Waals surface area contributed by atoms with Crippen molar-refractivity contribution in [3.8, 4) is 11.5 Å². The van der Waals surface area contributed by atoms with Crippen LogP contribution in [0.1, 0.15) is 15.9 Å². The van der Waals surface area contributed by atoms with E-state index in [1.165, 1.54) is 14.2 Å². The Morgan fingerprint density at radius 3 is 2.65 bits per heavy atom. The molecule has 0 bridgehead atoms. The number of ether oxygens (including phenoxy) is 4. The Bertz CT molecular complexity index is 476. The molecule has 1 N–H and O–H groups in total. The van der Waals surface area contributed by atoms with Gasteiger partial charge >= 0.3 is 5.97 Å². The van der Waals surface area contributed by atoms with Gasteiger partial charge in [-0.25, -0.2) is 10.3 Å². The van der Waals surface area contributed by atoms with E-state index in [1.807, 2.05) is 0 Å². The number of nitrogens with one attached hydrogen (secondary N) is 1. The van der Waals surface area contributed by atoms with Crippen LogP contribution in [0.15, 0.2) is 17.2 Å². The van der Waals surface area contributed by atoms with Crippen molar-refractivity contribution in [1.82, 2.24) is 0 Å². The Morgan fingerprint density at radius 2 is 2.05 bits per heavy atom. The summed E-state index contributed by atoms with van der Waals surface area (Å²) in [5.41, 5.74) is 7.71. The van der Waals surface area contributed by atoms with E-state index in [9.17, 15) is 4.79 Å². The molecule has 0 atom stereocenters. The number of methoxy groups -OCH3 is 2. The molecule has 0 amide bonds. The third-order valence-electron chi connectivity index (χ3n) is 2.47. The fraction of sp³-hybridized carbons (Fsp3) is 0.462. The number of rotatable bonds is 8. The Labute approximate surface area is 117 Å². The lowest BCUT2D eigenvalue weighted by molar-refractivity contribution is 0.0462. The van der Waals surface area contributed by atoms with Gasteiger partial charge < -0.3 is 18.9 Å². The summed E-state index contributed by atoms with van der Waals surface area (Å²) in [7, 11) is 2.79. The van der Waals surface area contributed by atoms with Crippen LogP contribution in [0.25, 0.3) is 0 Å². The molecule has 20 heavy (non-hydrogen) atoms. The summed E-state index contributed by atoms with van der Waals surface area (Å²) in [5, 5.41) is 3.20. The minimum absolute atomic E-state index is 0.00887. The van der Waals surface area contributed by atoms with Crippen LogP contribution >= 0.6 is 0 Å². The van der Waals surface area contributed by atoms with Crippen LogP contribution in [0, 0.1) is 12.5 Å². The van der Waals surface area contributed by atoms with Crippen LogP contribution in [0.3, 0.4) is 0 Å². The van der Waals surface area contributed by atoms with Gasteiger partial charge in [0.2, 0.25) is 0 Å². The van der Waals surface area contributed by atoms with Gasteiger partial charge in [-0.15, -0.1) is 0 Å². The molecule has 0 saturated heterocycles. The molecule has 0 radical (unpaired) electrons. The maximum absolute atomic E-state index is 11.8. The standard InChI is InChI=1S/C13H18N2O5/c1-9-6-10(19-5-4-15-14)7-11(20-8-17-2)12(9)13(16)18-3/h6-7,14H,4-5,8H2,1-3H3. The van der Waals surface area contributed by atoms with Gasteiger partial charge in [0.15, 0.2) is 6.79 Å². The van der Waals surface area contributed by atoms with Crippen molar-refractivity contribution in [3.63, 3.8) is 0 Å². The number of esters is 1. The number of aryl methyl sites for hydroxylation is 1. The average molecular weight is 282 g/mol. The zero-order valence-corrected chi connectivity index (χ0v) is 11.8. The van der Waals surface area contributed by atoms with E-state index in [2.05, 4.69) is 5.11 Å². The molecular formula is C13H18N2O5. The first-order chi connectivity index (χ1) is 9.63. The number of hydrogen-bond donors (Lipinski definition) is 1. The topological polar surface area (TPSA) is 90.2 Å². The normalized spacial score (nSPS) is 9.95. The van der Waals surface area contributed by atoms with E-state index in [4.69, 9.17) is 24.5 Å². The smallest absolute Gasteiger partial charge is 0.341 e. The summed E-state index contributed by atoms with van der Waals surface area (Å²) in [6.45, 7) is 2.32. The minimum Gasteiger partial charge on any atom is -0.491 e. The Hall–Kier alpha value is -2.15. The Balaban J connectivity index is 3.04. The summed E-state index contributed by atoms with van der Waals surface area (Å²) in [6, 6.07) is 3.29. The number of carbonyl (C=O) groups excluding carboxylic acids is 1. The summed E-state index contributed by atoms with van der Waals surface area (Å²) < 4.78 is 20.4. The third-order valence-corrected chi connectivity index (χ3v) is 2.47. The number of nitrogens with zero attached hydrogens (tertiary/aromatic N) is 1. The average Bonchev–Trinajstić information content (AvgIpc) is 2.44. The van der Waals surface area contributed by atoms with Crippen LogP contribution in [0.4, 0.5) is 0 Å². The maximum atomic E-state index is 11.8. The third kappa shape index (κ3) is 4.20. The van der Waals surface area contributed by atoms with Gasteiger partial charge in [-0.1, -0.05) is 0 Å². The molecule has 0 heterocycles. The summed E-state index contributed by atoms with van der Waals surface area (Å²) in [6.07, 6.45) is 0. The van der Waals surface area contributed by atoms with Gasteiger partial charge in [0.05, 0.1) is 13.7 Å². The highest BCUT2D eigenvalue weighted by atomic mass is 16.7. The van der Waals surface area contributed by atoms with Gasteiger partial charge in [-0.05, 0) is 18.6 Å². The molecule has 1 rings (SSSR count). The van der Waals surface area contributed by atoms with Crippen molar-refractivity contribution < 1.29 is 23.7 Å². The van der Waals surface area contributed by atoms with Crippen LogP contribution in [-0.2, 0) is 9.47 Å². The Kier molecular flexibility index (Phi) is 6.45. The van der Waals surface area contributed by atoms with Crippen molar-refractivity contribution in [3.05, 3.63) is 23.3 Å².